The summed E-state index contributed by atoms with van der Waals surface area (Å²) < 4.78 is 95.3. The standard InChI is InChI=1S/C31H51BrO13P4/c1-8-42-46(33,34)15-13-28-20-27(24-32)21-29(14-18-49(37,43-9-2)44-10-3)31(28)45-30-22-25(11-16-47(35,38-4)39-5)19-26(23-30)12-17-48(36,40-6)41-7/h19-23H,8-18,24H2,1-7H3,(H,33,34). The van der Waals surface area contributed by atoms with Crippen molar-refractivity contribution in [2.75, 3.05) is 72.9 Å². The third-order valence-corrected chi connectivity index (χ3v) is 15.4. The highest BCUT2D eigenvalue weighted by molar-refractivity contribution is 9.08. The maximum absolute atomic E-state index is 13.5. The minimum atomic E-state index is -3.89. The molecule has 1 unspecified atom stereocenters. The molecule has 49 heavy (non-hydrogen) atoms. The van der Waals surface area contributed by atoms with E-state index in [0.29, 0.717) is 40.8 Å². The second-order valence-electron chi connectivity index (χ2n) is 10.8. The molecule has 0 saturated carbocycles. The lowest BCUT2D eigenvalue weighted by Crippen LogP contribution is -2.07. The first kappa shape index (κ1) is 44.5. The van der Waals surface area contributed by atoms with E-state index in [-0.39, 0.29) is 57.3 Å². The molecule has 0 bridgehead atoms. The zero-order chi connectivity index (χ0) is 36.7. The van der Waals surface area contributed by atoms with Crippen molar-refractivity contribution in [3.05, 3.63) is 58.1 Å². The quantitative estimate of drug-likeness (QED) is 0.0746. The summed E-state index contributed by atoms with van der Waals surface area (Å²) in [5.41, 5.74) is 3.71. The van der Waals surface area contributed by atoms with E-state index in [4.69, 9.17) is 36.4 Å². The van der Waals surface area contributed by atoms with Crippen LogP contribution in [-0.4, -0.2) is 77.8 Å². The molecule has 2 aromatic carbocycles. The van der Waals surface area contributed by atoms with Gasteiger partial charge in [0.2, 0.25) is 0 Å². The summed E-state index contributed by atoms with van der Waals surface area (Å²) in [6.45, 7) is 5.65. The highest BCUT2D eigenvalue weighted by Crippen LogP contribution is 2.50. The Morgan fingerprint density at radius 2 is 1.00 bits per heavy atom. The Morgan fingerprint density at radius 1 is 0.571 bits per heavy atom. The summed E-state index contributed by atoms with van der Waals surface area (Å²) in [5.74, 6) is 0.827. The van der Waals surface area contributed by atoms with Crippen molar-refractivity contribution in [3.63, 3.8) is 0 Å². The molecular weight excluding hydrogens is 784 g/mol. The first-order valence-electron chi connectivity index (χ1n) is 15.9. The highest BCUT2D eigenvalue weighted by atomic mass is 79.9. The van der Waals surface area contributed by atoms with Crippen molar-refractivity contribution < 1.29 is 59.6 Å². The van der Waals surface area contributed by atoms with Crippen LogP contribution in [0.25, 0.3) is 0 Å². The summed E-state index contributed by atoms with van der Waals surface area (Å²) in [6.07, 6.45) is 1.14. The van der Waals surface area contributed by atoms with E-state index in [2.05, 4.69) is 15.9 Å². The number of aryl methyl sites for hydroxylation is 4. The fraction of sp³-hybridized carbons (Fsp3) is 0.613. The van der Waals surface area contributed by atoms with Gasteiger partial charge < -0.3 is 41.3 Å². The van der Waals surface area contributed by atoms with Crippen LogP contribution in [0.15, 0.2) is 30.3 Å². The molecule has 0 aromatic heterocycles. The first-order chi connectivity index (χ1) is 23.2. The van der Waals surface area contributed by atoms with E-state index in [1.54, 1.807) is 32.9 Å². The molecule has 0 radical (unpaired) electrons. The van der Waals surface area contributed by atoms with Crippen molar-refractivity contribution >= 4 is 46.3 Å². The molecule has 0 amide bonds. The molecule has 13 nitrogen and oxygen atoms in total. The number of rotatable bonds is 25. The van der Waals surface area contributed by atoms with E-state index < -0.39 is 30.4 Å². The van der Waals surface area contributed by atoms with Crippen molar-refractivity contribution in [1.29, 1.82) is 0 Å². The van der Waals surface area contributed by atoms with Gasteiger partial charge in [-0.25, -0.2) is 0 Å². The minimum absolute atomic E-state index is 0.0750. The largest absolute Gasteiger partial charge is 0.457 e. The van der Waals surface area contributed by atoms with Crippen molar-refractivity contribution in [1.82, 2.24) is 0 Å². The van der Waals surface area contributed by atoms with Crippen LogP contribution in [0.1, 0.15) is 48.6 Å². The molecular formula is C31H51BrO13P4. The molecule has 2 aromatic rings. The summed E-state index contributed by atoms with van der Waals surface area (Å²) >= 11 is 3.52. The fourth-order valence-electron chi connectivity index (χ4n) is 4.99. The number of alkyl halides is 1. The van der Waals surface area contributed by atoms with Crippen molar-refractivity contribution in [2.24, 2.45) is 0 Å². The Kier molecular flexibility index (Phi) is 19.2. The van der Waals surface area contributed by atoms with Crippen LogP contribution >= 0.6 is 46.3 Å². The van der Waals surface area contributed by atoms with Gasteiger partial charge in [-0.1, -0.05) is 34.1 Å². The molecule has 0 heterocycles. The maximum Gasteiger partial charge on any atom is 0.330 e. The van der Waals surface area contributed by atoms with Crippen LogP contribution in [0.4, 0.5) is 0 Å². The fourth-order valence-corrected chi connectivity index (χ4v) is 10.1. The predicted octanol–water partition coefficient (Wildman–Crippen LogP) is 9.00. The van der Waals surface area contributed by atoms with Gasteiger partial charge in [0.05, 0.1) is 44.5 Å². The average Bonchev–Trinajstić information content (AvgIpc) is 3.08. The Hall–Kier alpha value is -0.680. The maximum atomic E-state index is 13.5. The Labute approximate surface area is 299 Å². The molecule has 1 atom stereocenters. The molecule has 0 aliphatic carbocycles. The molecule has 0 fully saturated rings. The predicted molar refractivity (Wildman–Crippen MR) is 195 cm³/mol. The van der Waals surface area contributed by atoms with Gasteiger partial charge in [-0.2, -0.15) is 0 Å². The van der Waals surface area contributed by atoms with Crippen LogP contribution in [0.5, 0.6) is 11.5 Å². The zero-order valence-electron chi connectivity index (χ0n) is 29.4. The second kappa shape index (κ2) is 21.1. The lowest BCUT2D eigenvalue weighted by Gasteiger charge is -2.22. The van der Waals surface area contributed by atoms with Crippen LogP contribution in [-0.2, 0) is 80.9 Å². The summed E-state index contributed by atoms with van der Waals surface area (Å²) in [7, 11) is -8.66. The number of hydrogen-bond donors (Lipinski definition) is 1. The highest BCUT2D eigenvalue weighted by Gasteiger charge is 2.27. The third-order valence-electron chi connectivity index (χ3n) is 7.47. The smallest absolute Gasteiger partial charge is 0.330 e. The molecule has 1 N–H and O–H groups in total. The Morgan fingerprint density at radius 3 is 1.41 bits per heavy atom. The lowest BCUT2D eigenvalue weighted by molar-refractivity contribution is 0.220. The monoisotopic (exact) mass is 834 g/mol. The number of hydrogen-bond acceptors (Lipinski definition) is 12. The van der Waals surface area contributed by atoms with E-state index in [1.165, 1.54) is 28.4 Å². The van der Waals surface area contributed by atoms with Crippen LogP contribution in [0.3, 0.4) is 0 Å². The van der Waals surface area contributed by atoms with Crippen LogP contribution < -0.4 is 4.74 Å². The molecule has 0 aliphatic rings. The Bertz CT molecular complexity index is 1460. The van der Waals surface area contributed by atoms with Crippen molar-refractivity contribution in [3.8, 4) is 11.5 Å². The number of halogens is 1. The van der Waals surface area contributed by atoms with Gasteiger partial charge in [-0.15, -0.1) is 0 Å². The molecule has 0 spiro atoms. The van der Waals surface area contributed by atoms with Gasteiger partial charge in [0, 0.05) is 33.8 Å². The van der Waals surface area contributed by atoms with Gasteiger partial charge in [0.25, 0.3) is 0 Å². The van der Waals surface area contributed by atoms with Crippen LogP contribution in [0, 0.1) is 0 Å². The Balaban J connectivity index is 2.70. The molecule has 18 heteroatoms. The summed E-state index contributed by atoms with van der Waals surface area (Å²) in [4.78, 5) is 10.4. The summed E-state index contributed by atoms with van der Waals surface area (Å²) in [5, 5.41) is 0.488. The molecule has 280 valence electrons. The second-order valence-corrected chi connectivity index (χ2v) is 20.3. The zero-order valence-corrected chi connectivity index (χ0v) is 34.5. The molecule has 2 rings (SSSR count). The van der Waals surface area contributed by atoms with Gasteiger partial charge in [-0.05, 0) is 86.4 Å². The molecule has 0 aliphatic heterocycles. The normalized spacial score (nSPS) is 13.8. The van der Waals surface area contributed by atoms with E-state index >= 15 is 0 Å². The van der Waals surface area contributed by atoms with E-state index in [9.17, 15) is 23.2 Å². The average molecular weight is 836 g/mol. The number of ether oxygens (including phenoxy) is 1. The topological polar surface area (TPSA) is 162 Å². The van der Waals surface area contributed by atoms with Gasteiger partial charge >= 0.3 is 30.4 Å². The van der Waals surface area contributed by atoms with E-state index in [1.807, 2.05) is 18.2 Å². The lowest BCUT2D eigenvalue weighted by atomic mass is 10.0. The SMILES string of the molecule is CCOP(=O)(O)CCc1cc(CBr)cc(CCP(=O)(OCC)OCC)c1Oc1cc(CCP(=O)(OC)OC)cc(CCP(=O)(OC)OC)c1. The third kappa shape index (κ3) is 14.7. The summed E-state index contributed by atoms with van der Waals surface area (Å²) in [6, 6.07) is 9.27. The minimum Gasteiger partial charge on any atom is -0.457 e. The van der Waals surface area contributed by atoms with E-state index in [0.717, 1.165) is 16.7 Å². The molecule has 0 saturated heterocycles. The van der Waals surface area contributed by atoms with Crippen molar-refractivity contribution in [2.45, 2.75) is 51.8 Å². The van der Waals surface area contributed by atoms with Gasteiger partial charge in [-0.3, -0.25) is 18.3 Å². The van der Waals surface area contributed by atoms with Crippen LogP contribution in [0.2, 0.25) is 0 Å². The van der Waals surface area contributed by atoms with Gasteiger partial charge in [0.1, 0.15) is 11.5 Å². The first-order valence-corrected chi connectivity index (χ1v) is 24.0. The van der Waals surface area contributed by atoms with Gasteiger partial charge in [0.15, 0.2) is 0 Å². The number of benzene rings is 2.